The summed E-state index contributed by atoms with van der Waals surface area (Å²) in [6.45, 7) is 7.95. The van der Waals surface area contributed by atoms with Crippen LogP contribution < -0.4 is 5.32 Å². The van der Waals surface area contributed by atoms with Crippen LogP contribution in [-0.4, -0.2) is 36.5 Å². The zero-order valence-electron chi connectivity index (χ0n) is 9.29. The molecule has 0 amide bonds. The largest absolute Gasteiger partial charge is 0.389 e. The van der Waals surface area contributed by atoms with E-state index in [0.717, 1.165) is 5.92 Å². The normalized spacial score (nSPS) is 42.4. The molecule has 1 saturated heterocycles. The molecule has 0 aromatic rings. The highest BCUT2D eigenvalue weighted by molar-refractivity contribution is 5.01. The van der Waals surface area contributed by atoms with Crippen molar-refractivity contribution in [1.82, 2.24) is 5.32 Å². The Hall–Kier alpha value is -0.120. The minimum absolute atomic E-state index is 0.140. The third kappa shape index (κ3) is 1.95. The standard InChI is InChI=1S/C11H21NO2/c1-7(8-4-11(8,2)3)12-9-5-14-6-10(9)13/h7-10,12-13H,4-6H2,1-3H3. The van der Waals surface area contributed by atoms with Crippen LogP contribution in [0.25, 0.3) is 0 Å². The van der Waals surface area contributed by atoms with Gasteiger partial charge >= 0.3 is 0 Å². The van der Waals surface area contributed by atoms with Gasteiger partial charge in [0.1, 0.15) is 0 Å². The van der Waals surface area contributed by atoms with E-state index < -0.39 is 0 Å². The van der Waals surface area contributed by atoms with Crippen molar-refractivity contribution in [1.29, 1.82) is 0 Å². The number of nitrogens with one attached hydrogen (secondary N) is 1. The number of aliphatic hydroxyl groups is 1. The van der Waals surface area contributed by atoms with Crippen molar-refractivity contribution in [3.63, 3.8) is 0 Å². The zero-order chi connectivity index (χ0) is 10.3. The van der Waals surface area contributed by atoms with Crippen molar-refractivity contribution in [3.8, 4) is 0 Å². The van der Waals surface area contributed by atoms with Gasteiger partial charge < -0.3 is 15.2 Å². The van der Waals surface area contributed by atoms with Crippen molar-refractivity contribution in [2.24, 2.45) is 11.3 Å². The highest BCUT2D eigenvalue weighted by Gasteiger charge is 2.49. The maximum atomic E-state index is 9.58. The van der Waals surface area contributed by atoms with Crippen LogP contribution in [0.2, 0.25) is 0 Å². The molecule has 3 nitrogen and oxygen atoms in total. The van der Waals surface area contributed by atoms with E-state index in [0.29, 0.717) is 24.7 Å². The summed E-state index contributed by atoms with van der Waals surface area (Å²) >= 11 is 0. The molecule has 4 unspecified atom stereocenters. The van der Waals surface area contributed by atoms with Gasteiger partial charge in [0, 0.05) is 6.04 Å². The van der Waals surface area contributed by atoms with Crippen LogP contribution in [0.15, 0.2) is 0 Å². The molecule has 82 valence electrons. The van der Waals surface area contributed by atoms with Gasteiger partial charge in [0.2, 0.25) is 0 Å². The van der Waals surface area contributed by atoms with E-state index in [2.05, 4.69) is 26.1 Å². The van der Waals surface area contributed by atoms with Crippen LogP contribution in [0.3, 0.4) is 0 Å². The minimum Gasteiger partial charge on any atom is -0.389 e. The molecule has 0 bridgehead atoms. The molecular formula is C11H21NO2. The first-order valence-corrected chi connectivity index (χ1v) is 5.52. The summed E-state index contributed by atoms with van der Waals surface area (Å²) in [5.41, 5.74) is 0.497. The van der Waals surface area contributed by atoms with Crippen molar-refractivity contribution >= 4 is 0 Å². The van der Waals surface area contributed by atoms with E-state index in [1.807, 2.05) is 0 Å². The highest BCUT2D eigenvalue weighted by atomic mass is 16.5. The smallest absolute Gasteiger partial charge is 0.0948 e. The molecule has 2 aliphatic rings. The van der Waals surface area contributed by atoms with Gasteiger partial charge in [-0.25, -0.2) is 0 Å². The van der Waals surface area contributed by atoms with E-state index in [1.54, 1.807) is 0 Å². The van der Waals surface area contributed by atoms with Crippen LogP contribution in [-0.2, 0) is 4.74 Å². The summed E-state index contributed by atoms with van der Waals surface area (Å²) in [4.78, 5) is 0. The Kier molecular flexibility index (Phi) is 2.58. The Bertz CT molecular complexity index is 217. The third-order valence-electron chi connectivity index (χ3n) is 3.72. The number of hydrogen-bond donors (Lipinski definition) is 2. The SMILES string of the molecule is CC(NC1COCC1O)C1CC1(C)C. The topological polar surface area (TPSA) is 41.5 Å². The Morgan fingerprint density at radius 3 is 2.50 bits per heavy atom. The monoisotopic (exact) mass is 199 g/mol. The number of rotatable bonds is 3. The van der Waals surface area contributed by atoms with Crippen LogP contribution in [0.1, 0.15) is 27.2 Å². The van der Waals surface area contributed by atoms with Gasteiger partial charge in [-0.15, -0.1) is 0 Å². The predicted octanol–water partition coefficient (Wildman–Crippen LogP) is 0.770. The van der Waals surface area contributed by atoms with Gasteiger partial charge in [0.05, 0.1) is 25.4 Å². The van der Waals surface area contributed by atoms with Gasteiger partial charge in [-0.3, -0.25) is 0 Å². The molecule has 0 aromatic heterocycles. The highest BCUT2D eigenvalue weighted by Crippen LogP contribution is 2.53. The third-order valence-corrected chi connectivity index (χ3v) is 3.72. The molecule has 1 aliphatic heterocycles. The second-order valence-electron chi connectivity index (χ2n) is 5.47. The maximum Gasteiger partial charge on any atom is 0.0948 e. The molecule has 3 heteroatoms. The molecule has 1 saturated carbocycles. The molecule has 0 aromatic carbocycles. The van der Waals surface area contributed by atoms with Crippen molar-refractivity contribution < 1.29 is 9.84 Å². The average Bonchev–Trinajstić information content (AvgIpc) is 2.54. The Balaban J connectivity index is 1.80. The quantitative estimate of drug-likeness (QED) is 0.705. The molecule has 2 N–H and O–H groups in total. The molecule has 2 rings (SSSR count). The fourth-order valence-corrected chi connectivity index (χ4v) is 2.52. The molecule has 0 radical (unpaired) electrons. The van der Waals surface area contributed by atoms with Gasteiger partial charge in [0.15, 0.2) is 0 Å². The zero-order valence-corrected chi connectivity index (χ0v) is 9.29. The summed E-state index contributed by atoms with van der Waals surface area (Å²) in [7, 11) is 0. The lowest BCUT2D eigenvalue weighted by atomic mass is 10.0. The Labute approximate surface area is 85.8 Å². The predicted molar refractivity (Wildman–Crippen MR) is 55.1 cm³/mol. The lowest BCUT2D eigenvalue weighted by Gasteiger charge is -2.21. The maximum absolute atomic E-state index is 9.58. The first-order chi connectivity index (χ1) is 6.50. The molecular weight excluding hydrogens is 178 g/mol. The average molecular weight is 199 g/mol. The van der Waals surface area contributed by atoms with Gasteiger partial charge in [-0.05, 0) is 24.7 Å². The van der Waals surface area contributed by atoms with Crippen LogP contribution in [0.5, 0.6) is 0 Å². The number of ether oxygens (including phenoxy) is 1. The first-order valence-electron chi connectivity index (χ1n) is 5.52. The number of aliphatic hydroxyl groups excluding tert-OH is 1. The van der Waals surface area contributed by atoms with E-state index in [1.165, 1.54) is 6.42 Å². The summed E-state index contributed by atoms with van der Waals surface area (Å²) in [6.07, 6.45) is 0.976. The lowest BCUT2D eigenvalue weighted by molar-refractivity contribution is 0.121. The molecule has 14 heavy (non-hydrogen) atoms. The van der Waals surface area contributed by atoms with E-state index >= 15 is 0 Å². The summed E-state index contributed by atoms with van der Waals surface area (Å²) in [5.74, 6) is 0.760. The summed E-state index contributed by atoms with van der Waals surface area (Å²) in [5, 5.41) is 13.1. The van der Waals surface area contributed by atoms with Crippen LogP contribution in [0.4, 0.5) is 0 Å². The second kappa shape index (κ2) is 3.47. The van der Waals surface area contributed by atoms with E-state index in [-0.39, 0.29) is 12.1 Å². The summed E-state index contributed by atoms with van der Waals surface area (Å²) in [6, 6.07) is 0.632. The van der Waals surface area contributed by atoms with E-state index in [9.17, 15) is 5.11 Å². The van der Waals surface area contributed by atoms with E-state index in [4.69, 9.17) is 4.74 Å². The van der Waals surface area contributed by atoms with Crippen molar-refractivity contribution in [2.45, 2.75) is 45.4 Å². The first kappa shape index (κ1) is 10.4. The number of hydrogen-bond acceptors (Lipinski definition) is 3. The van der Waals surface area contributed by atoms with Gasteiger partial charge in [-0.1, -0.05) is 13.8 Å². The minimum atomic E-state index is -0.320. The Morgan fingerprint density at radius 1 is 1.43 bits per heavy atom. The van der Waals surface area contributed by atoms with Gasteiger partial charge in [-0.2, -0.15) is 0 Å². The Morgan fingerprint density at radius 2 is 2.07 bits per heavy atom. The molecule has 1 heterocycles. The molecule has 4 atom stereocenters. The fraction of sp³-hybridized carbons (Fsp3) is 1.00. The fourth-order valence-electron chi connectivity index (χ4n) is 2.52. The van der Waals surface area contributed by atoms with Crippen LogP contribution >= 0.6 is 0 Å². The lowest BCUT2D eigenvalue weighted by Crippen LogP contribution is -2.45. The van der Waals surface area contributed by atoms with Crippen molar-refractivity contribution in [3.05, 3.63) is 0 Å². The second-order valence-corrected chi connectivity index (χ2v) is 5.47. The molecule has 0 spiro atoms. The van der Waals surface area contributed by atoms with Gasteiger partial charge in [0.25, 0.3) is 0 Å². The summed E-state index contributed by atoms with van der Waals surface area (Å²) < 4.78 is 5.21. The van der Waals surface area contributed by atoms with Crippen LogP contribution in [0, 0.1) is 11.3 Å². The van der Waals surface area contributed by atoms with Crippen molar-refractivity contribution in [2.75, 3.05) is 13.2 Å². The molecule has 1 aliphatic carbocycles. The molecule has 2 fully saturated rings.